The van der Waals surface area contributed by atoms with E-state index >= 15 is 0 Å². The molecule has 0 aliphatic carbocycles. The van der Waals surface area contributed by atoms with Crippen LogP contribution in [0.4, 0.5) is 0 Å². The fourth-order valence-corrected chi connectivity index (χ4v) is 2.01. The molecular formula is C10H15NO. The lowest BCUT2D eigenvalue weighted by atomic mass is 10.2. The second kappa shape index (κ2) is 3.31. The number of nitrogens with zero attached hydrogens (tertiary/aromatic N) is 1. The molecule has 2 heteroatoms. The van der Waals surface area contributed by atoms with E-state index in [4.69, 9.17) is 4.42 Å². The zero-order chi connectivity index (χ0) is 8.39. The lowest BCUT2D eigenvalue weighted by molar-refractivity contribution is 0.240. The van der Waals surface area contributed by atoms with E-state index in [0.717, 1.165) is 12.3 Å². The molecule has 1 aliphatic heterocycles. The molecule has 1 aromatic heterocycles. The summed E-state index contributed by atoms with van der Waals surface area (Å²) in [6, 6.07) is 4.60. The molecule has 0 radical (unpaired) electrons. The van der Waals surface area contributed by atoms with Gasteiger partial charge in [0.2, 0.25) is 0 Å². The Balaban J connectivity index is 2.13. The summed E-state index contributed by atoms with van der Waals surface area (Å²) in [6.07, 6.45) is 4.32. The van der Waals surface area contributed by atoms with Crippen molar-refractivity contribution >= 4 is 0 Å². The van der Waals surface area contributed by atoms with E-state index < -0.39 is 0 Å². The highest BCUT2D eigenvalue weighted by atomic mass is 16.3. The van der Waals surface area contributed by atoms with Crippen LogP contribution in [0.1, 0.15) is 31.6 Å². The van der Waals surface area contributed by atoms with Gasteiger partial charge < -0.3 is 4.42 Å². The van der Waals surface area contributed by atoms with E-state index in [1.54, 1.807) is 6.26 Å². The van der Waals surface area contributed by atoms with Gasteiger partial charge in [-0.3, -0.25) is 4.90 Å². The third kappa shape index (κ3) is 1.27. The number of furan rings is 1. The van der Waals surface area contributed by atoms with E-state index in [1.165, 1.54) is 19.4 Å². The van der Waals surface area contributed by atoms with E-state index in [-0.39, 0.29) is 0 Å². The van der Waals surface area contributed by atoms with Gasteiger partial charge in [0.25, 0.3) is 0 Å². The smallest absolute Gasteiger partial charge is 0.120 e. The quantitative estimate of drug-likeness (QED) is 0.669. The second-order valence-electron chi connectivity index (χ2n) is 3.30. The molecule has 66 valence electrons. The van der Waals surface area contributed by atoms with Crippen LogP contribution in [-0.2, 0) is 0 Å². The third-order valence-electron chi connectivity index (χ3n) is 2.64. The molecule has 1 aliphatic rings. The molecule has 1 fully saturated rings. The summed E-state index contributed by atoms with van der Waals surface area (Å²) in [5.74, 6) is 1.13. The minimum atomic E-state index is 0.546. The van der Waals surface area contributed by atoms with Crippen molar-refractivity contribution in [2.45, 2.75) is 25.8 Å². The van der Waals surface area contributed by atoms with Crippen molar-refractivity contribution in [3.05, 3.63) is 24.2 Å². The highest BCUT2D eigenvalue weighted by molar-refractivity contribution is 5.06. The fourth-order valence-electron chi connectivity index (χ4n) is 2.01. The third-order valence-corrected chi connectivity index (χ3v) is 2.64. The molecule has 2 heterocycles. The van der Waals surface area contributed by atoms with Gasteiger partial charge in [0.1, 0.15) is 5.76 Å². The minimum Gasteiger partial charge on any atom is -0.468 e. The predicted molar refractivity (Wildman–Crippen MR) is 47.9 cm³/mol. The van der Waals surface area contributed by atoms with Crippen LogP contribution >= 0.6 is 0 Å². The molecule has 1 atom stereocenters. The summed E-state index contributed by atoms with van der Waals surface area (Å²) in [7, 11) is 0. The lowest BCUT2D eigenvalue weighted by Crippen LogP contribution is -2.22. The predicted octanol–water partition coefficient (Wildman–Crippen LogP) is 2.44. The standard InChI is InChI=1S/C10H15NO/c1-2-11-7-3-5-9(11)10-6-4-8-12-10/h4,6,8-9H,2-3,5,7H2,1H3/t9-/m1/s1. The van der Waals surface area contributed by atoms with Crippen molar-refractivity contribution in [3.8, 4) is 0 Å². The molecule has 0 unspecified atom stereocenters. The average molecular weight is 165 g/mol. The number of rotatable bonds is 2. The highest BCUT2D eigenvalue weighted by Gasteiger charge is 2.26. The number of hydrogen-bond donors (Lipinski definition) is 0. The molecule has 12 heavy (non-hydrogen) atoms. The van der Waals surface area contributed by atoms with Crippen LogP contribution in [0.5, 0.6) is 0 Å². The summed E-state index contributed by atoms with van der Waals surface area (Å²) < 4.78 is 5.41. The molecule has 2 nitrogen and oxygen atoms in total. The molecule has 0 saturated carbocycles. The first-order valence-corrected chi connectivity index (χ1v) is 4.69. The summed E-state index contributed by atoms with van der Waals surface area (Å²) in [5.41, 5.74) is 0. The van der Waals surface area contributed by atoms with Gasteiger partial charge in [-0.2, -0.15) is 0 Å². The monoisotopic (exact) mass is 165 g/mol. The maximum absolute atomic E-state index is 5.41. The molecule has 0 spiro atoms. The highest BCUT2D eigenvalue weighted by Crippen LogP contribution is 2.31. The van der Waals surface area contributed by atoms with E-state index in [2.05, 4.69) is 17.9 Å². The lowest BCUT2D eigenvalue weighted by Gasteiger charge is -2.20. The van der Waals surface area contributed by atoms with Gasteiger partial charge in [-0.05, 0) is 38.1 Å². The summed E-state index contributed by atoms with van der Waals surface area (Å²) in [5, 5.41) is 0. The van der Waals surface area contributed by atoms with Gasteiger partial charge in [0, 0.05) is 0 Å². The summed E-state index contributed by atoms with van der Waals surface area (Å²) >= 11 is 0. The fraction of sp³-hybridized carbons (Fsp3) is 0.600. The van der Waals surface area contributed by atoms with Crippen molar-refractivity contribution in [1.29, 1.82) is 0 Å². The molecule has 0 aromatic carbocycles. The molecule has 0 bridgehead atoms. The van der Waals surface area contributed by atoms with Crippen LogP contribution in [0.3, 0.4) is 0 Å². The van der Waals surface area contributed by atoms with Crippen LogP contribution < -0.4 is 0 Å². The first-order chi connectivity index (χ1) is 5.92. The molecular weight excluding hydrogens is 150 g/mol. The Labute approximate surface area is 73.2 Å². The number of hydrogen-bond acceptors (Lipinski definition) is 2. The molecule has 0 amide bonds. The van der Waals surface area contributed by atoms with Crippen molar-refractivity contribution < 1.29 is 4.42 Å². The van der Waals surface area contributed by atoms with E-state index in [0.29, 0.717) is 6.04 Å². The topological polar surface area (TPSA) is 16.4 Å². The molecule has 0 N–H and O–H groups in total. The molecule has 1 aromatic rings. The maximum atomic E-state index is 5.41. The molecule has 1 saturated heterocycles. The SMILES string of the molecule is CCN1CCC[C@@H]1c1ccco1. The van der Waals surface area contributed by atoms with Crippen LogP contribution in [-0.4, -0.2) is 18.0 Å². The Bertz CT molecular complexity index is 230. The van der Waals surface area contributed by atoms with Gasteiger partial charge >= 0.3 is 0 Å². The second-order valence-corrected chi connectivity index (χ2v) is 3.30. The van der Waals surface area contributed by atoms with E-state index in [9.17, 15) is 0 Å². The normalized spacial score (nSPS) is 24.9. The Morgan fingerprint density at radius 3 is 3.25 bits per heavy atom. The van der Waals surface area contributed by atoms with Gasteiger partial charge in [-0.1, -0.05) is 6.92 Å². The molecule has 2 rings (SSSR count). The summed E-state index contributed by atoms with van der Waals surface area (Å²) in [4.78, 5) is 2.47. The Morgan fingerprint density at radius 1 is 1.67 bits per heavy atom. The van der Waals surface area contributed by atoms with Crippen LogP contribution in [0.25, 0.3) is 0 Å². The van der Waals surface area contributed by atoms with Gasteiger partial charge in [0.15, 0.2) is 0 Å². The van der Waals surface area contributed by atoms with Gasteiger partial charge in [0.05, 0.1) is 12.3 Å². The zero-order valence-corrected chi connectivity index (χ0v) is 7.49. The van der Waals surface area contributed by atoms with Crippen LogP contribution in [0.2, 0.25) is 0 Å². The Kier molecular flexibility index (Phi) is 2.17. The first kappa shape index (κ1) is 7.87. The maximum Gasteiger partial charge on any atom is 0.120 e. The first-order valence-electron chi connectivity index (χ1n) is 4.69. The number of likely N-dealkylation sites (tertiary alicyclic amines) is 1. The van der Waals surface area contributed by atoms with E-state index in [1.807, 2.05) is 6.07 Å². The average Bonchev–Trinajstić information content (AvgIpc) is 2.74. The van der Waals surface area contributed by atoms with Gasteiger partial charge in [-0.25, -0.2) is 0 Å². The largest absolute Gasteiger partial charge is 0.468 e. The van der Waals surface area contributed by atoms with Gasteiger partial charge in [-0.15, -0.1) is 0 Å². The van der Waals surface area contributed by atoms with Crippen molar-refractivity contribution in [3.63, 3.8) is 0 Å². The summed E-state index contributed by atoms with van der Waals surface area (Å²) in [6.45, 7) is 4.56. The minimum absolute atomic E-state index is 0.546. The van der Waals surface area contributed by atoms with Crippen molar-refractivity contribution in [2.24, 2.45) is 0 Å². The van der Waals surface area contributed by atoms with Crippen molar-refractivity contribution in [2.75, 3.05) is 13.1 Å². The zero-order valence-electron chi connectivity index (χ0n) is 7.49. The Morgan fingerprint density at radius 2 is 2.58 bits per heavy atom. The van der Waals surface area contributed by atoms with Crippen LogP contribution in [0.15, 0.2) is 22.8 Å². The van der Waals surface area contributed by atoms with Crippen molar-refractivity contribution in [1.82, 2.24) is 4.90 Å². The Hall–Kier alpha value is -0.760. The van der Waals surface area contributed by atoms with Crippen LogP contribution in [0, 0.1) is 0 Å².